The van der Waals surface area contributed by atoms with Crippen molar-refractivity contribution in [2.24, 2.45) is 5.92 Å². The number of anilines is 1. The van der Waals surface area contributed by atoms with Gasteiger partial charge in [-0.1, -0.05) is 0 Å². The van der Waals surface area contributed by atoms with Crippen LogP contribution >= 0.6 is 0 Å². The van der Waals surface area contributed by atoms with E-state index in [9.17, 15) is 4.79 Å². The predicted molar refractivity (Wildman–Crippen MR) is 65.8 cm³/mol. The van der Waals surface area contributed by atoms with E-state index in [1.807, 2.05) is 6.07 Å². The van der Waals surface area contributed by atoms with E-state index in [1.54, 1.807) is 12.3 Å². The molecular formula is C13H14N4O. The van der Waals surface area contributed by atoms with Gasteiger partial charge in [0.25, 0.3) is 0 Å². The van der Waals surface area contributed by atoms with Crippen molar-refractivity contribution in [3.05, 3.63) is 23.9 Å². The number of carbonyl (C=O) groups excluding carboxylic acids is 1. The quantitative estimate of drug-likeness (QED) is 0.785. The molecule has 2 atom stereocenters. The molecule has 0 aliphatic carbocycles. The average Bonchev–Trinajstić information content (AvgIpc) is 2.81. The van der Waals surface area contributed by atoms with E-state index >= 15 is 0 Å². The number of pyridine rings is 1. The molecule has 0 radical (unpaired) electrons. The fraction of sp³-hybridized carbons (Fsp3) is 0.462. The fourth-order valence-electron chi connectivity index (χ4n) is 2.86. The van der Waals surface area contributed by atoms with Crippen molar-refractivity contribution < 1.29 is 4.79 Å². The Balaban J connectivity index is 1.86. The van der Waals surface area contributed by atoms with Crippen LogP contribution in [0.15, 0.2) is 18.3 Å². The van der Waals surface area contributed by atoms with Crippen molar-refractivity contribution in [1.29, 1.82) is 5.26 Å². The number of piperidine rings is 1. The van der Waals surface area contributed by atoms with E-state index in [0.717, 1.165) is 25.2 Å². The van der Waals surface area contributed by atoms with Crippen molar-refractivity contribution >= 4 is 11.7 Å². The van der Waals surface area contributed by atoms with Gasteiger partial charge in [-0.2, -0.15) is 5.26 Å². The highest BCUT2D eigenvalue weighted by Gasteiger charge is 2.41. The van der Waals surface area contributed by atoms with Crippen LogP contribution in [0.5, 0.6) is 0 Å². The molecule has 2 unspecified atom stereocenters. The lowest BCUT2D eigenvalue weighted by molar-refractivity contribution is -0.122. The monoisotopic (exact) mass is 242 g/mol. The number of aromatic nitrogens is 1. The number of amides is 1. The molecule has 5 heteroatoms. The SMILES string of the molecule is N#Cc1ccc(N2CCCC3C(=O)NCC32)nc1. The Morgan fingerprint density at radius 2 is 2.39 bits per heavy atom. The van der Waals surface area contributed by atoms with Gasteiger partial charge < -0.3 is 10.2 Å². The lowest BCUT2D eigenvalue weighted by Crippen LogP contribution is -2.46. The molecule has 92 valence electrons. The highest BCUT2D eigenvalue weighted by molar-refractivity contribution is 5.83. The summed E-state index contributed by atoms with van der Waals surface area (Å²) in [6.45, 7) is 1.63. The maximum absolute atomic E-state index is 11.7. The van der Waals surface area contributed by atoms with Crippen LogP contribution in [0.25, 0.3) is 0 Å². The number of carbonyl (C=O) groups is 1. The second-order valence-corrected chi connectivity index (χ2v) is 4.77. The molecule has 0 saturated carbocycles. The van der Waals surface area contributed by atoms with Crippen molar-refractivity contribution in [3.63, 3.8) is 0 Å². The van der Waals surface area contributed by atoms with E-state index in [2.05, 4.69) is 21.3 Å². The van der Waals surface area contributed by atoms with Gasteiger partial charge in [-0.15, -0.1) is 0 Å². The summed E-state index contributed by atoms with van der Waals surface area (Å²) < 4.78 is 0. The summed E-state index contributed by atoms with van der Waals surface area (Å²) in [6, 6.07) is 5.92. The van der Waals surface area contributed by atoms with E-state index in [4.69, 9.17) is 5.26 Å². The van der Waals surface area contributed by atoms with Crippen LogP contribution < -0.4 is 10.2 Å². The van der Waals surface area contributed by atoms with Gasteiger partial charge in [0, 0.05) is 19.3 Å². The first-order valence-corrected chi connectivity index (χ1v) is 6.20. The third kappa shape index (κ3) is 1.70. The van der Waals surface area contributed by atoms with Crippen molar-refractivity contribution in [3.8, 4) is 6.07 Å². The summed E-state index contributed by atoms with van der Waals surface area (Å²) in [6.07, 6.45) is 3.56. The standard InChI is InChI=1S/C13H14N4O/c14-6-9-3-4-12(15-7-9)17-5-1-2-10-11(17)8-16-13(10)18/h3-4,7,10-11H,1-2,5,8H2,(H,16,18). The minimum Gasteiger partial charge on any atom is -0.354 e. The maximum Gasteiger partial charge on any atom is 0.225 e. The van der Waals surface area contributed by atoms with Gasteiger partial charge in [0.2, 0.25) is 5.91 Å². The first kappa shape index (κ1) is 11.0. The van der Waals surface area contributed by atoms with Gasteiger partial charge in [-0.3, -0.25) is 4.79 Å². The van der Waals surface area contributed by atoms with Gasteiger partial charge in [0.1, 0.15) is 11.9 Å². The van der Waals surface area contributed by atoms with Crippen molar-refractivity contribution in [2.45, 2.75) is 18.9 Å². The summed E-state index contributed by atoms with van der Waals surface area (Å²) in [5, 5.41) is 11.7. The van der Waals surface area contributed by atoms with Crippen molar-refractivity contribution in [2.75, 3.05) is 18.0 Å². The Kier molecular flexibility index (Phi) is 2.63. The summed E-state index contributed by atoms with van der Waals surface area (Å²) in [5.41, 5.74) is 0.563. The van der Waals surface area contributed by atoms with E-state index in [-0.39, 0.29) is 17.9 Å². The molecule has 1 amide bonds. The molecule has 5 nitrogen and oxygen atoms in total. The van der Waals surface area contributed by atoms with Crippen LogP contribution in [-0.4, -0.2) is 30.0 Å². The molecule has 2 aliphatic rings. The summed E-state index contributed by atoms with van der Waals surface area (Å²) in [7, 11) is 0. The molecule has 1 aromatic heterocycles. The number of hydrogen-bond donors (Lipinski definition) is 1. The van der Waals surface area contributed by atoms with Gasteiger partial charge in [-0.25, -0.2) is 4.98 Å². The molecule has 2 fully saturated rings. The molecule has 18 heavy (non-hydrogen) atoms. The topological polar surface area (TPSA) is 69.0 Å². The zero-order chi connectivity index (χ0) is 12.5. The molecule has 0 spiro atoms. The number of nitrogens with zero attached hydrogens (tertiary/aromatic N) is 3. The lowest BCUT2D eigenvalue weighted by atomic mass is 9.91. The highest BCUT2D eigenvalue weighted by Crippen LogP contribution is 2.30. The Bertz CT molecular complexity index is 505. The van der Waals surface area contributed by atoms with Gasteiger partial charge in [-0.05, 0) is 25.0 Å². The van der Waals surface area contributed by atoms with Gasteiger partial charge in [0.15, 0.2) is 0 Å². The van der Waals surface area contributed by atoms with Gasteiger partial charge in [0.05, 0.1) is 17.5 Å². The number of nitriles is 1. The van der Waals surface area contributed by atoms with E-state index in [1.165, 1.54) is 0 Å². The molecule has 3 heterocycles. The molecule has 2 saturated heterocycles. The Morgan fingerprint density at radius 3 is 3.11 bits per heavy atom. The van der Waals surface area contributed by atoms with Crippen LogP contribution in [0.1, 0.15) is 18.4 Å². The molecule has 1 aromatic rings. The molecule has 0 aromatic carbocycles. The Labute approximate surface area is 105 Å². The molecular weight excluding hydrogens is 228 g/mol. The van der Waals surface area contributed by atoms with E-state index < -0.39 is 0 Å². The molecule has 0 bridgehead atoms. The van der Waals surface area contributed by atoms with Crippen LogP contribution in [-0.2, 0) is 4.79 Å². The van der Waals surface area contributed by atoms with Crippen LogP contribution in [0.3, 0.4) is 0 Å². The minimum absolute atomic E-state index is 0.0937. The lowest BCUT2D eigenvalue weighted by Gasteiger charge is -2.36. The number of hydrogen-bond acceptors (Lipinski definition) is 4. The Hall–Kier alpha value is -2.09. The van der Waals surface area contributed by atoms with Crippen LogP contribution in [0.4, 0.5) is 5.82 Å². The zero-order valence-electron chi connectivity index (χ0n) is 9.97. The van der Waals surface area contributed by atoms with Crippen LogP contribution in [0.2, 0.25) is 0 Å². The highest BCUT2D eigenvalue weighted by atomic mass is 16.2. The largest absolute Gasteiger partial charge is 0.354 e. The smallest absolute Gasteiger partial charge is 0.225 e. The maximum atomic E-state index is 11.7. The molecule has 2 aliphatic heterocycles. The third-order valence-electron chi connectivity index (χ3n) is 3.77. The second-order valence-electron chi connectivity index (χ2n) is 4.77. The molecule has 3 rings (SSSR count). The fourth-order valence-corrected chi connectivity index (χ4v) is 2.86. The van der Waals surface area contributed by atoms with E-state index in [0.29, 0.717) is 12.1 Å². The van der Waals surface area contributed by atoms with Crippen LogP contribution in [0, 0.1) is 17.2 Å². The first-order valence-electron chi connectivity index (χ1n) is 6.20. The summed E-state index contributed by atoms with van der Waals surface area (Å²) in [5.74, 6) is 1.12. The first-order chi connectivity index (χ1) is 8.79. The number of fused-ring (bicyclic) bond motifs is 1. The number of rotatable bonds is 1. The zero-order valence-corrected chi connectivity index (χ0v) is 9.97. The second kappa shape index (κ2) is 4.30. The minimum atomic E-state index is 0.0937. The Morgan fingerprint density at radius 1 is 1.50 bits per heavy atom. The summed E-state index contributed by atoms with van der Waals surface area (Å²) in [4.78, 5) is 18.2. The third-order valence-corrected chi connectivity index (χ3v) is 3.77. The normalized spacial score (nSPS) is 26.4. The summed E-state index contributed by atoms with van der Waals surface area (Å²) >= 11 is 0. The average molecular weight is 242 g/mol. The predicted octanol–water partition coefficient (Wildman–Crippen LogP) is 0.668. The molecule has 1 N–H and O–H groups in total. The van der Waals surface area contributed by atoms with Crippen molar-refractivity contribution in [1.82, 2.24) is 10.3 Å². The van der Waals surface area contributed by atoms with Gasteiger partial charge >= 0.3 is 0 Å². The number of nitrogens with one attached hydrogen (secondary N) is 1.